The Kier molecular flexibility index (Phi) is 4.82. The second-order valence-corrected chi connectivity index (χ2v) is 9.41. The molecule has 0 bridgehead atoms. The molecule has 2 aliphatic rings. The number of anilines is 1. The third kappa shape index (κ3) is 3.61. The Bertz CT molecular complexity index is 1210. The van der Waals surface area contributed by atoms with Crippen molar-refractivity contribution in [3.05, 3.63) is 46.0 Å². The number of nitrogens with two attached hydrogens (primary N) is 1. The van der Waals surface area contributed by atoms with E-state index < -0.39 is 12.1 Å². The summed E-state index contributed by atoms with van der Waals surface area (Å²) >= 11 is 7.14. The van der Waals surface area contributed by atoms with Crippen molar-refractivity contribution in [1.29, 1.82) is 0 Å². The van der Waals surface area contributed by atoms with Crippen LogP contribution in [0, 0.1) is 5.92 Å². The first-order valence-electron chi connectivity index (χ1n) is 9.79. The lowest BCUT2D eigenvalue weighted by atomic mass is 10.1. The maximum absolute atomic E-state index is 13.2. The van der Waals surface area contributed by atoms with Crippen LogP contribution in [0.4, 0.5) is 15.3 Å². The van der Waals surface area contributed by atoms with Crippen molar-refractivity contribution in [2.45, 2.75) is 31.5 Å². The van der Waals surface area contributed by atoms with E-state index in [0.29, 0.717) is 39.9 Å². The lowest BCUT2D eigenvalue weighted by Crippen LogP contribution is -2.49. The quantitative estimate of drug-likeness (QED) is 0.556. The van der Waals surface area contributed by atoms with Crippen LogP contribution in [-0.4, -0.2) is 44.5 Å². The van der Waals surface area contributed by atoms with Crippen molar-refractivity contribution in [3.8, 4) is 0 Å². The van der Waals surface area contributed by atoms with Gasteiger partial charge in [0.25, 0.3) is 0 Å². The Hall–Kier alpha value is -3.11. The highest BCUT2D eigenvalue weighted by atomic mass is 35.5. The molecule has 3 aromatic rings. The van der Waals surface area contributed by atoms with E-state index in [2.05, 4.69) is 15.6 Å². The van der Waals surface area contributed by atoms with Crippen LogP contribution in [0.2, 0.25) is 4.47 Å². The van der Waals surface area contributed by atoms with Gasteiger partial charge in [-0.05, 0) is 24.8 Å². The predicted molar refractivity (Wildman–Crippen MR) is 117 cm³/mol. The van der Waals surface area contributed by atoms with Gasteiger partial charge in [0, 0.05) is 28.7 Å². The molecule has 4 amide bonds. The number of hydrogen-bond acceptors (Lipinski definition) is 5. The molecule has 160 valence electrons. The van der Waals surface area contributed by atoms with Gasteiger partial charge >= 0.3 is 12.1 Å². The van der Waals surface area contributed by atoms with Gasteiger partial charge in [-0.25, -0.2) is 14.6 Å². The molecule has 4 N–H and O–H groups in total. The number of fused-ring (bicyclic) bond motifs is 2. The van der Waals surface area contributed by atoms with E-state index in [-0.39, 0.29) is 18.0 Å². The minimum absolute atomic E-state index is 0.0538. The number of urea groups is 1. The molecule has 1 saturated carbocycles. The van der Waals surface area contributed by atoms with Crippen LogP contribution in [0.5, 0.6) is 0 Å². The SMILES string of the molecule is NC(=O)n1cc(NC(=O)N2C3CC3C[C@H]2C(=O)NCc2cnc(Cl)s2)c2ccccc21. The predicted octanol–water partition coefficient (Wildman–Crippen LogP) is 2.99. The molecule has 3 atom stereocenters. The number of benzene rings is 1. The van der Waals surface area contributed by atoms with Crippen molar-refractivity contribution in [2.24, 2.45) is 11.7 Å². The van der Waals surface area contributed by atoms with Gasteiger partial charge in [-0.15, -0.1) is 11.3 Å². The average molecular weight is 459 g/mol. The molecule has 11 heteroatoms. The molecule has 0 spiro atoms. The molecule has 1 aliphatic heterocycles. The maximum atomic E-state index is 13.2. The summed E-state index contributed by atoms with van der Waals surface area (Å²) in [5.41, 5.74) is 6.53. The smallest absolute Gasteiger partial charge is 0.323 e. The number of piperidine rings is 1. The zero-order chi connectivity index (χ0) is 21.7. The van der Waals surface area contributed by atoms with Crippen LogP contribution in [0.3, 0.4) is 0 Å². The number of carbonyl (C=O) groups excluding carboxylic acids is 3. The molecule has 2 fully saturated rings. The van der Waals surface area contributed by atoms with Crippen molar-refractivity contribution in [1.82, 2.24) is 19.8 Å². The van der Waals surface area contributed by atoms with E-state index in [1.165, 1.54) is 22.1 Å². The third-order valence-electron chi connectivity index (χ3n) is 5.79. The van der Waals surface area contributed by atoms with Crippen LogP contribution in [0.1, 0.15) is 17.7 Å². The van der Waals surface area contributed by atoms with E-state index >= 15 is 0 Å². The van der Waals surface area contributed by atoms with E-state index in [1.54, 1.807) is 29.3 Å². The number of thiazole rings is 1. The zero-order valence-electron chi connectivity index (χ0n) is 16.2. The maximum Gasteiger partial charge on any atom is 0.323 e. The normalized spacial score (nSPS) is 21.7. The summed E-state index contributed by atoms with van der Waals surface area (Å²) in [6.07, 6.45) is 4.66. The van der Waals surface area contributed by atoms with Gasteiger partial charge in [-0.2, -0.15) is 0 Å². The highest BCUT2D eigenvalue weighted by Gasteiger charge is 2.56. The second-order valence-electron chi connectivity index (χ2n) is 7.72. The number of para-hydroxylation sites is 1. The number of rotatable bonds is 4. The van der Waals surface area contributed by atoms with E-state index in [4.69, 9.17) is 17.3 Å². The topological polar surface area (TPSA) is 122 Å². The first kappa shape index (κ1) is 19.8. The molecule has 9 nitrogen and oxygen atoms in total. The summed E-state index contributed by atoms with van der Waals surface area (Å²) in [6, 6.07) is 5.68. The average Bonchev–Trinajstić information content (AvgIpc) is 3.08. The molecular weight excluding hydrogens is 440 g/mol. The number of primary amides is 1. The minimum atomic E-state index is -0.638. The van der Waals surface area contributed by atoms with Crippen molar-refractivity contribution in [3.63, 3.8) is 0 Å². The van der Waals surface area contributed by atoms with Gasteiger partial charge < -0.3 is 21.3 Å². The Morgan fingerprint density at radius 2 is 2.06 bits per heavy atom. The Morgan fingerprint density at radius 3 is 2.81 bits per heavy atom. The van der Waals surface area contributed by atoms with Gasteiger partial charge in [0.1, 0.15) is 6.04 Å². The summed E-state index contributed by atoms with van der Waals surface area (Å²) in [7, 11) is 0. The van der Waals surface area contributed by atoms with Gasteiger partial charge in [0.2, 0.25) is 5.91 Å². The van der Waals surface area contributed by atoms with Crippen molar-refractivity contribution < 1.29 is 14.4 Å². The van der Waals surface area contributed by atoms with Crippen LogP contribution in [0.15, 0.2) is 36.7 Å². The monoisotopic (exact) mass is 458 g/mol. The lowest BCUT2D eigenvalue weighted by molar-refractivity contribution is -0.125. The highest BCUT2D eigenvalue weighted by molar-refractivity contribution is 7.15. The van der Waals surface area contributed by atoms with E-state index in [0.717, 1.165) is 11.3 Å². The molecule has 3 heterocycles. The molecule has 2 aromatic heterocycles. The molecule has 1 saturated heterocycles. The van der Waals surface area contributed by atoms with Gasteiger partial charge in [-0.1, -0.05) is 29.8 Å². The number of carbonyl (C=O) groups is 3. The van der Waals surface area contributed by atoms with Crippen LogP contribution in [0.25, 0.3) is 10.9 Å². The summed E-state index contributed by atoms with van der Waals surface area (Å²) in [6.45, 7) is 0.316. The molecular formula is C20H19ClN6O3S. The third-order valence-corrected chi connectivity index (χ3v) is 6.91. The van der Waals surface area contributed by atoms with Crippen LogP contribution in [-0.2, 0) is 11.3 Å². The van der Waals surface area contributed by atoms with E-state index in [1.807, 2.05) is 6.07 Å². The van der Waals surface area contributed by atoms with Crippen molar-refractivity contribution >= 4 is 57.5 Å². The summed E-state index contributed by atoms with van der Waals surface area (Å²) in [4.78, 5) is 44.2. The molecule has 0 radical (unpaired) electrons. The largest absolute Gasteiger partial charge is 0.351 e. The number of likely N-dealkylation sites (tertiary alicyclic amines) is 1. The number of halogens is 1. The molecule has 1 aliphatic carbocycles. The van der Waals surface area contributed by atoms with Crippen molar-refractivity contribution in [2.75, 3.05) is 5.32 Å². The number of nitrogens with zero attached hydrogens (tertiary/aromatic N) is 3. The minimum Gasteiger partial charge on any atom is -0.351 e. The summed E-state index contributed by atoms with van der Waals surface area (Å²) in [5.74, 6) is 0.137. The number of amides is 4. The summed E-state index contributed by atoms with van der Waals surface area (Å²) < 4.78 is 1.71. The first-order valence-corrected chi connectivity index (χ1v) is 11.0. The van der Waals surface area contributed by atoms with Gasteiger partial charge in [0.15, 0.2) is 4.47 Å². The molecule has 1 aromatic carbocycles. The fraction of sp³-hybridized carbons (Fsp3) is 0.300. The van der Waals surface area contributed by atoms with E-state index in [9.17, 15) is 14.4 Å². The second kappa shape index (κ2) is 7.54. The lowest BCUT2D eigenvalue weighted by Gasteiger charge is -2.26. The van der Waals surface area contributed by atoms with Crippen LogP contribution >= 0.6 is 22.9 Å². The first-order chi connectivity index (χ1) is 14.9. The summed E-state index contributed by atoms with van der Waals surface area (Å²) in [5, 5.41) is 6.45. The number of hydrogen-bond donors (Lipinski definition) is 3. The Morgan fingerprint density at radius 1 is 1.26 bits per heavy atom. The standard InChI is InChI=1S/C20H19ClN6O3S/c21-18-24-8-11(31-18)7-23-17(28)16-6-10-5-15(10)27(16)20(30)25-13-9-26(19(22)29)14-4-2-1-3-12(13)14/h1-4,8-10,15-16H,5-7H2,(H2,22,29)(H,23,28)(H,25,30)/t10?,15?,16-/m0/s1. The van der Waals surface area contributed by atoms with Gasteiger partial charge in [0.05, 0.1) is 17.7 Å². The fourth-order valence-corrected chi connectivity index (χ4v) is 5.20. The van der Waals surface area contributed by atoms with Gasteiger partial charge in [-0.3, -0.25) is 9.36 Å². The Labute approximate surface area is 186 Å². The fourth-order valence-electron chi connectivity index (χ4n) is 4.28. The molecule has 31 heavy (non-hydrogen) atoms. The zero-order valence-corrected chi connectivity index (χ0v) is 17.8. The highest BCUT2D eigenvalue weighted by Crippen LogP contribution is 2.48. The molecule has 2 unspecified atom stereocenters. The molecule has 5 rings (SSSR count). The van der Waals surface area contributed by atoms with Crippen LogP contribution < -0.4 is 16.4 Å². The number of nitrogens with one attached hydrogen (secondary N) is 2. The Balaban J connectivity index is 1.33. The number of aromatic nitrogens is 2.